The Morgan fingerprint density at radius 3 is 1.75 bits per heavy atom. The van der Waals surface area contributed by atoms with Gasteiger partial charge >= 0.3 is 13.1 Å². The third-order valence-corrected chi connectivity index (χ3v) is 2.48. The lowest BCUT2D eigenvalue weighted by atomic mass is 9.80. The highest BCUT2D eigenvalue weighted by atomic mass is 16.5. The van der Waals surface area contributed by atoms with E-state index in [0.29, 0.717) is 0 Å². The molecule has 1 aromatic rings. The summed E-state index contributed by atoms with van der Waals surface area (Å²) in [6.07, 6.45) is 0.296. The summed E-state index contributed by atoms with van der Waals surface area (Å²) in [4.78, 5) is 30.8. The van der Waals surface area contributed by atoms with E-state index < -0.39 is 24.9 Å². The second-order valence-corrected chi connectivity index (χ2v) is 3.90. The van der Waals surface area contributed by atoms with Crippen LogP contribution in [0.1, 0.15) is 23.2 Å². The molecule has 0 unspecified atom stereocenters. The van der Waals surface area contributed by atoms with Crippen molar-refractivity contribution >= 4 is 30.4 Å². The van der Waals surface area contributed by atoms with Gasteiger partial charge in [-0.1, -0.05) is 12.1 Å². The summed E-state index contributed by atoms with van der Waals surface area (Å²) in [6, 6.07) is 5.34. The molecule has 0 radical (unpaired) electrons. The molecule has 1 aliphatic heterocycles. The number of hydrogen-bond donors (Lipinski definition) is 4. The predicted molar refractivity (Wildman–Crippen MR) is 66.1 cm³/mol. The van der Waals surface area contributed by atoms with Crippen LogP contribution in [0.3, 0.4) is 0 Å². The maximum Gasteiger partial charge on any atom is 0.488 e. The van der Waals surface area contributed by atoms with Crippen molar-refractivity contribution in [1.29, 1.82) is 0 Å². The fourth-order valence-corrected chi connectivity index (χ4v) is 1.36. The molecule has 2 rings (SSSR count). The highest BCUT2D eigenvalue weighted by Gasteiger charge is 2.26. The van der Waals surface area contributed by atoms with Gasteiger partial charge in [-0.3, -0.25) is 14.8 Å². The molecule has 1 aliphatic rings. The Kier molecular flexibility index (Phi) is 5.38. The van der Waals surface area contributed by atoms with Crippen LogP contribution >= 0.6 is 0 Å². The third-order valence-electron chi connectivity index (χ3n) is 2.48. The first-order chi connectivity index (χ1) is 9.32. The zero-order valence-corrected chi connectivity index (χ0v) is 10.3. The van der Waals surface area contributed by atoms with Crippen molar-refractivity contribution in [2.45, 2.75) is 12.8 Å². The Hall–Kier alpha value is -2.23. The smallest absolute Gasteiger partial charge is 0.478 e. The Morgan fingerprint density at radius 1 is 1.05 bits per heavy atom. The number of carboxylic acids is 1. The molecular formula is C11H12BNO7. The Labute approximate surface area is 114 Å². The van der Waals surface area contributed by atoms with Gasteiger partial charge in [-0.2, -0.15) is 5.06 Å². The minimum Gasteiger partial charge on any atom is -0.478 e. The molecule has 106 valence electrons. The highest BCUT2D eigenvalue weighted by Crippen LogP contribution is 2.07. The zero-order chi connectivity index (χ0) is 15.3. The van der Waals surface area contributed by atoms with Crippen molar-refractivity contribution in [3.8, 4) is 0 Å². The standard InChI is InChI=1S/C7H7BO4.C4H5NO3/c9-7(10)5-1-3-6(4-2-5)8(11)12;6-3-1-2-4(7)5(3)8/h1-4,11-12H,(H,9,10);8H,1-2H2. The van der Waals surface area contributed by atoms with Crippen molar-refractivity contribution in [2.24, 2.45) is 0 Å². The van der Waals surface area contributed by atoms with E-state index in [0.717, 1.165) is 0 Å². The number of hydroxylamine groups is 2. The van der Waals surface area contributed by atoms with E-state index in [1.807, 2.05) is 0 Å². The molecule has 20 heavy (non-hydrogen) atoms. The molecule has 2 amide bonds. The normalized spacial score (nSPS) is 13.8. The molecule has 1 fully saturated rings. The van der Waals surface area contributed by atoms with Gasteiger partial charge in [-0.15, -0.1) is 0 Å². The van der Waals surface area contributed by atoms with Gasteiger partial charge < -0.3 is 15.2 Å². The lowest BCUT2D eigenvalue weighted by Crippen LogP contribution is -2.29. The van der Waals surface area contributed by atoms with Gasteiger partial charge in [0.2, 0.25) is 0 Å². The predicted octanol–water partition coefficient (Wildman–Crippen LogP) is -1.41. The maximum atomic E-state index is 10.4. The number of benzene rings is 1. The molecule has 0 bridgehead atoms. The number of rotatable bonds is 2. The number of nitrogens with zero attached hydrogens (tertiary/aromatic N) is 1. The molecule has 0 spiro atoms. The van der Waals surface area contributed by atoms with Crippen molar-refractivity contribution in [3.63, 3.8) is 0 Å². The van der Waals surface area contributed by atoms with Crippen LogP contribution in [0, 0.1) is 0 Å². The molecule has 1 aromatic carbocycles. The van der Waals surface area contributed by atoms with Gasteiger partial charge in [0.05, 0.1) is 5.56 Å². The van der Waals surface area contributed by atoms with Crippen LogP contribution in [0.15, 0.2) is 24.3 Å². The Balaban J connectivity index is 0.000000217. The van der Waals surface area contributed by atoms with Crippen molar-refractivity contribution < 1.29 is 34.7 Å². The maximum absolute atomic E-state index is 10.4. The number of carbonyl (C=O) groups excluding carboxylic acids is 2. The molecule has 4 N–H and O–H groups in total. The summed E-state index contributed by atoms with van der Waals surface area (Å²) in [5, 5.41) is 34.4. The van der Waals surface area contributed by atoms with Crippen LogP contribution in [-0.2, 0) is 9.59 Å². The van der Waals surface area contributed by atoms with E-state index in [9.17, 15) is 14.4 Å². The molecule has 0 aromatic heterocycles. The van der Waals surface area contributed by atoms with E-state index in [-0.39, 0.29) is 28.9 Å². The summed E-state index contributed by atoms with van der Waals surface area (Å²) in [7, 11) is -1.55. The van der Waals surface area contributed by atoms with Gasteiger partial charge in [0, 0.05) is 12.8 Å². The Morgan fingerprint density at radius 2 is 1.50 bits per heavy atom. The number of carbonyl (C=O) groups is 3. The lowest BCUT2D eigenvalue weighted by molar-refractivity contribution is -0.171. The molecule has 1 heterocycles. The van der Waals surface area contributed by atoms with E-state index in [2.05, 4.69) is 0 Å². The largest absolute Gasteiger partial charge is 0.488 e. The van der Waals surface area contributed by atoms with Crippen LogP contribution < -0.4 is 5.46 Å². The number of aromatic carboxylic acids is 1. The first-order valence-electron chi connectivity index (χ1n) is 5.57. The molecule has 0 atom stereocenters. The SMILES string of the molecule is O=C(O)c1ccc(B(O)O)cc1.O=C1CCC(=O)N1O. The molecule has 0 saturated carbocycles. The third kappa shape index (κ3) is 4.16. The summed E-state index contributed by atoms with van der Waals surface area (Å²) in [6.45, 7) is 0. The van der Waals surface area contributed by atoms with Crippen molar-refractivity contribution in [1.82, 2.24) is 5.06 Å². The van der Waals surface area contributed by atoms with E-state index in [1.54, 1.807) is 0 Å². The topological polar surface area (TPSA) is 135 Å². The fourth-order valence-electron chi connectivity index (χ4n) is 1.36. The van der Waals surface area contributed by atoms with Crippen LogP contribution in [-0.4, -0.2) is 50.3 Å². The van der Waals surface area contributed by atoms with Gasteiger partial charge in [-0.25, -0.2) is 4.79 Å². The average Bonchev–Trinajstić information content (AvgIpc) is 2.71. The Bertz CT molecular complexity index is 498. The van der Waals surface area contributed by atoms with E-state index >= 15 is 0 Å². The number of carboxylic acid groups (broad SMARTS) is 1. The lowest BCUT2D eigenvalue weighted by Gasteiger charge is -1.98. The van der Waals surface area contributed by atoms with Crippen molar-refractivity contribution in [3.05, 3.63) is 29.8 Å². The number of imide groups is 1. The average molecular weight is 281 g/mol. The van der Waals surface area contributed by atoms with E-state index in [4.69, 9.17) is 20.4 Å². The number of amides is 2. The van der Waals surface area contributed by atoms with Crippen LogP contribution in [0.2, 0.25) is 0 Å². The summed E-state index contributed by atoms with van der Waals surface area (Å²) in [5.74, 6) is -2.04. The molecule has 9 heteroatoms. The highest BCUT2D eigenvalue weighted by molar-refractivity contribution is 6.58. The van der Waals surface area contributed by atoms with Gasteiger partial charge in [0.1, 0.15) is 0 Å². The summed E-state index contributed by atoms with van der Waals surface area (Å²) in [5.41, 5.74) is 0.402. The zero-order valence-electron chi connectivity index (χ0n) is 10.3. The first kappa shape index (κ1) is 15.8. The van der Waals surface area contributed by atoms with Crippen LogP contribution in [0.5, 0.6) is 0 Å². The van der Waals surface area contributed by atoms with E-state index in [1.165, 1.54) is 24.3 Å². The second kappa shape index (κ2) is 6.80. The fraction of sp³-hybridized carbons (Fsp3) is 0.182. The minimum absolute atomic E-state index is 0.124. The molecule has 1 saturated heterocycles. The molecule has 0 aliphatic carbocycles. The quantitative estimate of drug-likeness (QED) is 0.297. The van der Waals surface area contributed by atoms with Crippen LogP contribution in [0.25, 0.3) is 0 Å². The van der Waals surface area contributed by atoms with Gasteiger partial charge in [0.15, 0.2) is 0 Å². The van der Waals surface area contributed by atoms with Crippen LogP contribution in [0.4, 0.5) is 0 Å². The summed E-state index contributed by atoms with van der Waals surface area (Å²) >= 11 is 0. The minimum atomic E-state index is -1.55. The second-order valence-electron chi connectivity index (χ2n) is 3.90. The van der Waals surface area contributed by atoms with Gasteiger partial charge in [-0.05, 0) is 17.6 Å². The van der Waals surface area contributed by atoms with Gasteiger partial charge in [0.25, 0.3) is 11.8 Å². The summed E-state index contributed by atoms with van der Waals surface area (Å²) < 4.78 is 0. The first-order valence-corrected chi connectivity index (χ1v) is 5.57. The van der Waals surface area contributed by atoms with Crippen molar-refractivity contribution in [2.75, 3.05) is 0 Å². The molecular weight excluding hydrogens is 269 g/mol. The molecule has 8 nitrogen and oxygen atoms in total. The monoisotopic (exact) mass is 281 g/mol. The number of hydrogen-bond acceptors (Lipinski definition) is 6.